The number of nitrogens with two attached hydrogens (primary N) is 1. The van der Waals surface area contributed by atoms with E-state index in [1.807, 2.05) is 13.0 Å². The number of benzene rings is 1. The maximum absolute atomic E-state index is 7.91. The van der Waals surface area contributed by atoms with E-state index in [1.54, 1.807) is 12.1 Å². The van der Waals surface area contributed by atoms with Crippen LogP contribution in [0.3, 0.4) is 0 Å². The number of nitrogen functional groups attached to an aromatic ring is 1. The summed E-state index contributed by atoms with van der Waals surface area (Å²) in [6.07, 6.45) is 0. The van der Waals surface area contributed by atoms with Gasteiger partial charge in [0.05, 0.1) is 12.0 Å². The molecular weight excluding hydrogens is 178 g/mol. The summed E-state index contributed by atoms with van der Waals surface area (Å²) in [6, 6.07) is 5.39. The first-order valence-corrected chi connectivity index (χ1v) is 3.99. The van der Waals surface area contributed by atoms with Crippen LogP contribution in [0.2, 0.25) is 0 Å². The molecule has 1 rings (SSSR count). The quantitative estimate of drug-likeness (QED) is 0.328. The Balaban J connectivity index is 2.75. The number of aryl methyl sites for hydroxylation is 1. The second-order valence-electron chi connectivity index (χ2n) is 2.25. The summed E-state index contributed by atoms with van der Waals surface area (Å²) in [5.41, 5.74) is 7.18. The van der Waals surface area contributed by atoms with Gasteiger partial charge in [0.15, 0.2) is 0 Å². The second-order valence-corrected chi connectivity index (χ2v) is 2.99. The molecule has 0 atom stereocenters. The smallest absolute Gasteiger partial charge is 0.0718 e. The molecule has 0 unspecified atom stereocenters. The highest BCUT2D eigenvalue weighted by molar-refractivity contribution is 7.94. The molecule has 0 heterocycles. The molecule has 4 nitrogen and oxygen atoms in total. The zero-order chi connectivity index (χ0) is 8.97. The molecule has 0 radical (unpaired) electrons. The molecule has 0 aliphatic rings. The van der Waals surface area contributed by atoms with Crippen LogP contribution in [0.5, 0.6) is 0 Å². The average molecular weight is 187 g/mol. The summed E-state index contributed by atoms with van der Waals surface area (Å²) in [7, 11) is 0. The molecule has 0 aliphatic carbocycles. The van der Waals surface area contributed by atoms with Crippen LogP contribution >= 0.6 is 12.0 Å². The van der Waals surface area contributed by atoms with E-state index < -0.39 is 0 Å². The van der Waals surface area contributed by atoms with Gasteiger partial charge in [0, 0.05) is 10.6 Å². The Morgan fingerprint density at radius 1 is 1.50 bits per heavy atom. The van der Waals surface area contributed by atoms with E-state index in [4.69, 9.17) is 11.0 Å². The molecule has 0 saturated carbocycles. The third-order valence-corrected chi connectivity index (χ3v) is 2.11. The first kappa shape index (κ1) is 9.34. The molecule has 0 saturated heterocycles. The molecule has 0 fully saturated rings. The van der Waals surface area contributed by atoms with Gasteiger partial charge in [-0.3, -0.25) is 0 Å². The van der Waals surface area contributed by atoms with E-state index in [0.29, 0.717) is 5.69 Å². The van der Waals surface area contributed by atoms with Crippen molar-refractivity contribution in [2.75, 3.05) is 5.73 Å². The van der Waals surface area contributed by atoms with Crippen molar-refractivity contribution in [3.8, 4) is 0 Å². The van der Waals surface area contributed by atoms with Crippen LogP contribution in [0.4, 0.5) is 5.69 Å². The monoisotopic (exact) mass is 187 g/mol. The SMILES string of the molecule is Cc1ccc(N)cc1SOOO. The minimum absolute atomic E-state index is 0.643. The van der Waals surface area contributed by atoms with Gasteiger partial charge < -0.3 is 5.73 Å². The van der Waals surface area contributed by atoms with Gasteiger partial charge in [0.25, 0.3) is 0 Å². The lowest BCUT2D eigenvalue weighted by Crippen LogP contribution is -1.88. The molecule has 0 bridgehead atoms. The third-order valence-electron chi connectivity index (χ3n) is 1.37. The number of hydrogen-bond donors (Lipinski definition) is 2. The lowest BCUT2D eigenvalue weighted by Gasteiger charge is -2.02. The Kier molecular flexibility index (Phi) is 3.36. The summed E-state index contributed by atoms with van der Waals surface area (Å²) in [5, 5.41) is 11.4. The molecule has 3 N–H and O–H groups in total. The Bertz CT molecular complexity index is 267. The number of anilines is 1. The second kappa shape index (κ2) is 4.32. The minimum atomic E-state index is 0.643. The van der Waals surface area contributed by atoms with Crippen LogP contribution in [0.1, 0.15) is 5.56 Å². The van der Waals surface area contributed by atoms with Crippen molar-refractivity contribution >= 4 is 17.7 Å². The first-order chi connectivity index (χ1) is 5.74. The van der Waals surface area contributed by atoms with Crippen molar-refractivity contribution in [2.45, 2.75) is 11.8 Å². The van der Waals surface area contributed by atoms with Crippen LogP contribution < -0.4 is 5.73 Å². The zero-order valence-corrected chi connectivity index (χ0v) is 7.30. The highest BCUT2D eigenvalue weighted by Gasteiger charge is 2.00. The standard InChI is InChI=1S/C7H9NO3S/c1-5-2-3-6(8)4-7(5)12-11-10-9/h2-4,9H,8H2,1H3. The third kappa shape index (κ3) is 2.38. The fourth-order valence-electron chi connectivity index (χ4n) is 0.758. The van der Waals surface area contributed by atoms with E-state index in [9.17, 15) is 0 Å². The van der Waals surface area contributed by atoms with Crippen LogP contribution in [-0.4, -0.2) is 5.26 Å². The molecule has 66 valence electrons. The van der Waals surface area contributed by atoms with E-state index in [-0.39, 0.29) is 0 Å². The van der Waals surface area contributed by atoms with Gasteiger partial charge in [-0.2, -0.15) is 0 Å². The van der Waals surface area contributed by atoms with Gasteiger partial charge in [-0.15, -0.1) is 4.33 Å². The van der Waals surface area contributed by atoms with Crippen molar-refractivity contribution in [2.24, 2.45) is 0 Å². The Hall–Kier alpha value is -0.750. The van der Waals surface area contributed by atoms with Crippen LogP contribution in [-0.2, 0) is 9.37 Å². The Morgan fingerprint density at radius 2 is 2.25 bits per heavy atom. The maximum Gasteiger partial charge on any atom is 0.0718 e. The highest BCUT2D eigenvalue weighted by atomic mass is 32.2. The summed E-state index contributed by atoms with van der Waals surface area (Å²) in [6.45, 7) is 1.91. The summed E-state index contributed by atoms with van der Waals surface area (Å²) >= 11 is 0.909. The van der Waals surface area contributed by atoms with Gasteiger partial charge in [-0.25, -0.2) is 5.26 Å². The molecule has 12 heavy (non-hydrogen) atoms. The highest BCUT2D eigenvalue weighted by Crippen LogP contribution is 2.25. The largest absolute Gasteiger partial charge is 0.399 e. The molecule has 0 amide bonds. The predicted octanol–water partition coefficient (Wildman–Crippen LogP) is 2.01. The number of hydrogen-bond acceptors (Lipinski definition) is 5. The predicted molar refractivity (Wildman–Crippen MR) is 46.2 cm³/mol. The normalized spacial score (nSPS) is 10.2. The fourth-order valence-corrected chi connectivity index (χ4v) is 1.25. The van der Waals surface area contributed by atoms with E-state index in [0.717, 1.165) is 22.5 Å². The molecule has 0 spiro atoms. The van der Waals surface area contributed by atoms with Gasteiger partial charge in [0.2, 0.25) is 0 Å². The molecule has 1 aromatic carbocycles. The van der Waals surface area contributed by atoms with E-state index in [2.05, 4.69) is 9.37 Å². The first-order valence-electron chi connectivity index (χ1n) is 3.25. The molecule has 0 aromatic heterocycles. The van der Waals surface area contributed by atoms with E-state index in [1.165, 1.54) is 0 Å². The van der Waals surface area contributed by atoms with Crippen molar-refractivity contribution < 1.29 is 14.6 Å². The van der Waals surface area contributed by atoms with Gasteiger partial charge in [0.1, 0.15) is 0 Å². The van der Waals surface area contributed by atoms with Crippen LogP contribution in [0.15, 0.2) is 23.1 Å². The lowest BCUT2D eigenvalue weighted by molar-refractivity contribution is -0.432. The molecule has 0 aliphatic heterocycles. The average Bonchev–Trinajstić information content (AvgIpc) is 2.07. The summed E-state index contributed by atoms with van der Waals surface area (Å²) < 4.78 is 4.27. The van der Waals surface area contributed by atoms with Crippen molar-refractivity contribution in [3.63, 3.8) is 0 Å². The van der Waals surface area contributed by atoms with E-state index >= 15 is 0 Å². The molecule has 5 heteroatoms. The summed E-state index contributed by atoms with van der Waals surface area (Å²) in [5.74, 6) is 0. The topological polar surface area (TPSA) is 64.7 Å². The maximum atomic E-state index is 7.91. The fraction of sp³-hybridized carbons (Fsp3) is 0.143. The van der Waals surface area contributed by atoms with Crippen molar-refractivity contribution in [3.05, 3.63) is 23.8 Å². The molecule has 1 aromatic rings. The van der Waals surface area contributed by atoms with Gasteiger partial charge in [-0.1, -0.05) is 11.1 Å². The number of rotatable bonds is 3. The zero-order valence-electron chi connectivity index (χ0n) is 6.48. The van der Waals surface area contributed by atoms with Gasteiger partial charge >= 0.3 is 0 Å². The van der Waals surface area contributed by atoms with Crippen molar-refractivity contribution in [1.82, 2.24) is 0 Å². The van der Waals surface area contributed by atoms with Crippen LogP contribution in [0, 0.1) is 6.92 Å². The Morgan fingerprint density at radius 3 is 2.92 bits per heavy atom. The Labute approximate surface area is 74.3 Å². The minimum Gasteiger partial charge on any atom is -0.399 e. The van der Waals surface area contributed by atoms with Crippen LogP contribution in [0.25, 0.3) is 0 Å². The summed E-state index contributed by atoms with van der Waals surface area (Å²) in [4.78, 5) is 0.809. The molecular formula is C7H9NO3S. The van der Waals surface area contributed by atoms with Gasteiger partial charge in [-0.05, 0) is 24.6 Å². The van der Waals surface area contributed by atoms with Crippen molar-refractivity contribution in [1.29, 1.82) is 0 Å². The lowest BCUT2D eigenvalue weighted by atomic mass is 10.2.